The average Bonchev–Trinajstić information content (AvgIpc) is 2.55. The monoisotopic (exact) mass is 180 g/mol. The highest BCUT2D eigenvalue weighted by Gasteiger charge is 2.62. The minimum Gasteiger partial charge on any atom is -0.466 e. The van der Waals surface area contributed by atoms with E-state index in [1.54, 1.807) is 6.92 Å². The van der Waals surface area contributed by atoms with Gasteiger partial charge in [-0.2, -0.15) is 0 Å². The molecule has 0 amide bonds. The van der Waals surface area contributed by atoms with Crippen LogP contribution in [0.2, 0.25) is 0 Å². The third-order valence-electron chi connectivity index (χ3n) is 2.67. The first-order valence-corrected chi connectivity index (χ1v) is 4.64. The molecule has 13 heavy (non-hydrogen) atoms. The average molecular weight is 180 g/mol. The Kier molecular flexibility index (Phi) is 2.66. The molecule has 0 bridgehead atoms. The molecule has 0 aromatic heterocycles. The Morgan fingerprint density at radius 2 is 2.15 bits per heavy atom. The van der Waals surface area contributed by atoms with Gasteiger partial charge in [-0.1, -0.05) is 19.8 Å². The molecule has 0 aromatic rings. The quantitative estimate of drug-likeness (QED) is 0.479. The van der Waals surface area contributed by atoms with Crippen LogP contribution < -0.4 is 0 Å². The zero-order valence-corrected chi connectivity index (χ0v) is 8.68. The number of rotatable bonds is 2. The molecule has 72 valence electrons. The topological polar surface area (TPSA) is 26.3 Å². The lowest BCUT2D eigenvalue weighted by atomic mass is 10.1. The first kappa shape index (κ1) is 10.1. The molecule has 0 aromatic carbocycles. The summed E-state index contributed by atoms with van der Waals surface area (Å²) in [5, 5.41) is 0. The van der Waals surface area contributed by atoms with E-state index in [0.717, 1.165) is 0 Å². The summed E-state index contributed by atoms with van der Waals surface area (Å²) in [6.07, 6.45) is 0. The standard InChI is InChI=1S/C11H16O2/c1-5-7-8-9(11(8,3)4)10(12)13-6-2/h8-9H,6H2,1-4H3/t8-,9-/m1/s1. The highest BCUT2D eigenvalue weighted by Crippen LogP contribution is 2.58. The van der Waals surface area contributed by atoms with Crippen LogP contribution >= 0.6 is 0 Å². The van der Waals surface area contributed by atoms with E-state index in [1.807, 2.05) is 6.92 Å². The van der Waals surface area contributed by atoms with Crippen LogP contribution in [0.5, 0.6) is 0 Å². The Labute approximate surface area is 79.7 Å². The fourth-order valence-electron chi connectivity index (χ4n) is 1.73. The fraction of sp³-hybridized carbons (Fsp3) is 0.727. The van der Waals surface area contributed by atoms with Crippen molar-refractivity contribution in [3.8, 4) is 11.8 Å². The third kappa shape index (κ3) is 1.70. The summed E-state index contributed by atoms with van der Waals surface area (Å²) in [7, 11) is 0. The summed E-state index contributed by atoms with van der Waals surface area (Å²) < 4.78 is 4.97. The second-order valence-electron chi connectivity index (χ2n) is 3.92. The lowest BCUT2D eigenvalue weighted by Crippen LogP contribution is -2.10. The molecule has 2 nitrogen and oxygen atoms in total. The highest BCUT2D eigenvalue weighted by atomic mass is 16.5. The van der Waals surface area contributed by atoms with Crippen molar-refractivity contribution in [2.75, 3.05) is 6.61 Å². The van der Waals surface area contributed by atoms with E-state index in [9.17, 15) is 4.79 Å². The Balaban J connectivity index is 2.63. The van der Waals surface area contributed by atoms with Gasteiger partial charge in [-0.15, -0.1) is 5.92 Å². The zero-order chi connectivity index (χ0) is 10.1. The van der Waals surface area contributed by atoms with Gasteiger partial charge in [0.2, 0.25) is 0 Å². The first-order valence-electron chi connectivity index (χ1n) is 4.64. The summed E-state index contributed by atoms with van der Waals surface area (Å²) in [6, 6.07) is 0. The van der Waals surface area contributed by atoms with E-state index in [2.05, 4.69) is 25.7 Å². The molecule has 2 heteroatoms. The van der Waals surface area contributed by atoms with E-state index >= 15 is 0 Å². The number of carbonyl (C=O) groups is 1. The van der Waals surface area contributed by atoms with E-state index < -0.39 is 0 Å². The van der Waals surface area contributed by atoms with Gasteiger partial charge in [0.15, 0.2) is 0 Å². The van der Waals surface area contributed by atoms with E-state index in [0.29, 0.717) is 6.61 Å². The van der Waals surface area contributed by atoms with Crippen molar-refractivity contribution in [3.63, 3.8) is 0 Å². The van der Waals surface area contributed by atoms with E-state index in [4.69, 9.17) is 4.74 Å². The van der Waals surface area contributed by atoms with Crippen molar-refractivity contribution in [2.24, 2.45) is 17.3 Å². The predicted molar refractivity (Wildman–Crippen MR) is 50.8 cm³/mol. The minimum absolute atomic E-state index is 0.00919. The van der Waals surface area contributed by atoms with Crippen LogP contribution in [-0.2, 0) is 9.53 Å². The van der Waals surface area contributed by atoms with Gasteiger partial charge in [0.1, 0.15) is 0 Å². The van der Waals surface area contributed by atoms with Gasteiger partial charge in [-0.3, -0.25) is 4.79 Å². The van der Waals surface area contributed by atoms with Crippen molar-refractivity contribution >= 4 is 5.97 Å². The summed E-state index contributed by atoms with van der Waals surface area (Å²) in [6.45, 7) is 8.20. The van der Waals surface area contributed by atoms with Gasteiger partial charge < -0.3 is 4.74 Å². The van der Waals surface area contributed by atoms with Crippen LogP contribution in [0, 0.1) is 29.1 Å². The summed E-state index contributed by atoms with van der Waals surface area (Å²) >= 11 is 0. The van der Waals surface area contributed by atoms with Crippen LogP contribution in [0.3, 0.4) is 0 Å². The molecule has 1 fully saturated rings. The number of carbonyl (C=O) groups excluding carboxylic acids is 1. The summed E-state index contributed by atoms with van der Waals surface area (Å²) in [5.41, 5.74) is 0.00919. The van der Waals surface area contributed by atoms with Gasteiger partial charge in [0, 0.05) is 5.92 Å². The number of hydrogen-bond donors (Lipinski definition) is 0. The maximum absolute atomic E-state index is 11.4. The zero-order valence-electron chi connectivity index (χ0n) is 8.68. The van der Waals surface area contributed by atoms with Crippen LogP contribution in [0.4, 0.5) is 0 Å². The number of hydrogen-bond acceptors (Lipinski definition) is 2. The lowest BCUT2D eigenvalue weighted by molar-refractivity contribution is -0.145. The van der Waals surface area contributed by atoms with Crippen molar-refractivity contribution in [2.45, 2.75) is 27.7 Å². The second kappa shape index (κ2) is 3.41. The number of esters is 1. The Hall–Kier alpha value is -0.970. The van der Waals surface area contributed by atoms with E-state index in [-0.39, 0.29) is 23.2 Å². The molecule has 0 radical (unpaired) electrons. The Morgan fingerprint density at radius 1 is 1.54 bits per heavy atom. The molecule has 0 saturated heterocycles. The molecule has 0 heterocycles. The van der Waals surface area contributed by atoms with Crippen LogP contribution in [-0.4, -0.2) is 12.6 Å². The van der Waals surface area contributed by atoms with Gasteiger partial charge in [-0.05, 0) is 19.3 Å². The smallest absolute Gasteiger partial charge is 0.310 e. The van der Waals surface area contributed by atoms with Crippen LogP contribution in [0.25, 0.3) is 0 Å². The van der Waals surface area contributed by atoms with Crippen molar-refractivity contribution < 1.29 is 9.53 Å². The Bertz CT molecular complexity index is 268. The lowest BCUT2D eigenvalue weighted by Gasteiger charge is -2.01. The minimum atomic E-state index is -0.0970. The molecular weight excluding hydrogens is 164 g/mol. The van der Waals surface area contributed by atoms with E-state index in [1.165, 1.54) is 0 Å². The summed E-state index contributed by atoms with van der Waals surface area (Å²) in [5.74, 6) is 5.98. The van der Waals surface area contributed by atoms with Crippen molar-refractivity contribution in [1.82, 2.24) is 0 Å². The molecule has 0 spiro atoms. The van der Waals surface area contributed by atoms with Gasteiger partial charge in [0.25, 0.3) is 0 Å². The molecule has 1 rings (SSSR count). The predicted octanol–water partition coefficient (Wildman–Crippen LogP) is 1.84. The molecule has 1 aliphatic rings. The number of ether oxygens (including phenoxy) is 1. The van der Waals surface area contributed by atoms with Gasteiger partial charge >= 0.3 is 5.97 Å². The van der Waals surface area contributed by atoms with Crippen LogP contribution in [0.15, 0.2) is 0 Å². The first-order chi connectivity index (χ1) is 6.05. The highest BCUT2D eigenvalue weighted by molar-refractivity contribution is 5.78. The van der Waals surface area contributed by atoms with Gasteiger partial charge in [-0.25, -0.2) is 0 Å². The Morgan fingerprint density at radius 3 is 2.62 bits per heavy atom. The summed E-state index contributed by atoms with van der Waals surface area (Å²) in [4.78, 5) is 11.4. The maximum atomic E-state index is 11.4. The van der Waals surface area contributed by atoms with Gasteiger partial charge in [0.05, 0.1) is 12.5 Å². The molecule has 1 aliphatic carbocycles. The molecule has 0 unspecified atom stereocenters. The molecular formula is C11H16O2. The second-order valence-corrected chi connectivity index (χ2v) is 3.92. The molecule has 0 N–H and O–H groups in total. The maximum Gasteiger partial charge on any atom is 0.310 e. The molecule has 2 atom stereocenters. The third-order valence-corrected chi connectivity index (χ3v) is 2.67. The van der Waals surface area contributed by atoms with Crippen molar-refractivity contribution in [3.05, 3.63) is 0 Å². The SMILES string of the molecule is CC#C[C@@H]1[C@H](C(=O)OCC)C1(C)C. The molecule has 1 saturated carbocycles. The molecule has 0 aliphatic heterocycles. The largest absolute Gasteiger partial charge is 0.466 e. The van der Waals surface area contributed by atoms with Crippen molar-refractivity contribution in [1.29, 1.82) is 0 Å². The van der Waals surface area contributed by atoms with Crippen LogP contribution in [0.1, 0.15) is 27.7 Å². The fourth-order valence-corrected chi connectivity index (χ4v) is 1.73. The normalized spacial score (nSPS) is 28.6.